The molecule has 0 heterocycles. The number of rotatable bonds is 4. The summed E-state index contributed by atoms with van der Waals surface area (Å²) < 4.78 is 0. The van der Waals surface area contributed by atoms with Gasteiger partial charge in [-0.25, -0.2) is 0 Å². The van der Waals surface area contributed by atoms with Gasteiger partial charge >= 0.3 is 0 Å². The fraction of sp³-hybridized carbons (Fsp3) is 0.571. The van der Waals surface area contributed by atoms with Crippen LogP contribution in [0.5, 0.6) is 0 Å². The molecular weight excluding hydrogens is 336 g/mol. The molecule has 0 heteroatoms. The average molecular weight is 381 g/mol. The molecule has 0 radical (unpaired) electrons. The van der Waals surface area contributed by atoms with Crippen molar-refractivity contribution in [2.75, 3.05) is 0 Å². The summed E-state index contributed by atoms with van der Waals surface area (Å²) in [4.78, 5) is 0. The Morgan fingerprint density at radius 1 is 0.393 bits per heavy atom. The Labute approximate surface area is 175 Å². The third-order valence-electron chi connectivity index (χ3n) is 6.17. The van der Waals surface area contributed by atoms with Crippen LogP contribution < -0.4 is 0 Å². The minimum absolute atomic E-state index is 0.624. The fourth-order valence-corrected chi connectivity index (χ4v) is 4.37. The molecule has 0 nitrogen and oxygen atoms in total. The molecule has 2 aromatic rings. The highest BCUT2D eigenvalue weighted by Gasteiger charge is 2.17. The monoisotopic (exact) mass is 380 g/mol. The lowest BCUT2D eigenvalue weighted by Gasteiger charge is -2.24. The molecule has 156 valence electrons. The zero-order valence-electron chi connectivity index (χ0n) is 20.6. The van der Waals surface area contributed by atoms with Gasteiger partial charge in [-0.15, -0.1) is 0 Å². The third-order valence-corrected chi connectivity index (χ3v) is 6.17. The van der Waals surface area contributed by atoms with Crippen LogP contribution in [0.4, 0.5) is 0 Å². The molecule has 0 unspecified atom stereocenters. The third kappa shape index (κ3) is 5.72. The molecular formula is C28H44. The van der Waals surface area contributed by atoms with E-state index in [0.29, 0.717) is 23.7 Å². The van der Waals surface area contributed by atoms with Crippen molar-refractivity contribution in [1.29, 1.82) is 0 Å². The van der Waals surface area contributed by atoms with Gasteiger partial charge in [-0.1, -0.05) is 79.7 Å². The summed E-state index contributed by atoms with van der Waals surface area (Å²) in [6, 6.07) is 8.94. The van der Waals surface area contributed by atoms with E-state index in [4.69, 9.17) is 0 Å². The van der Waals surface area contributed by atoms with E-state index in [1.54, 1.807) is 11.1 Å². The summed E-state index contributed by atoms with van der Waals surface area (Å²) in [5.41, 5.74) is 12.0. The van der Waals surface area contributed by atoms with E-state index < -0.39 is 0 Å². The molecule has 0 bridgehead atoms. The van der Waals surface area contributed by atoms with Crippen molar-refractivity contribution >= 4 is 0 Å². The second-order valence-corrected chi connectivity index (χ2v) is 9.61. The Morgan fingerprint density at radius 2 is 0.607 bits per heavy atom. The second-order valence-electron chi connectivity index (χ2n) is 9.61. The number of hydrogen-bond acceptors (Lipinski definition) is 0. The van der Waals surface area contributed by atoms with Gasteiger partial charge in [-0.3, -0.25) is 0 Å². The first-order chi connectivity index (χ1) is 12.9. The van der Waals surface area contributed by atoms with Crippen LogP contribution >= 0.6 is 0 Å². The fourth-order valence-electron chi connectivity index (χ4n) is 4.37. The summed E-state index contributed by atoms with van der Waals surface area (Å²) in [7, 11) is 0. The van der Waals surface area contributed by atoms with Crippen LogP contribution in [0.1, 0.15) is 124 Å². The summed E-state index contributed by atoms with van der Waals surface area (Å²) >= 11 is 0. The van der Waals surface area contributed by atoms with E-state index >= 15 is 0 Å². The largest absolute Gasteiger partial charge is 0.0587 e. The van der Waals surface area contributed by atoms with Crippen molar-refractivity contribution in [2.45, 2.75) is 107 Å². The normalized spacial score (nSPS) is 11.4. The first-order valence-corrected chi connectivity index (χ1v) is 11.1. The number of hydrogen-bond donors (Lipinski definition) is 0. The summed E-state index contributed by atoms with van der Waals surface area (Å²) in [5, 5.41) is 0. The average Bonchev–Trinajstić information content (AvgIpc) is 2.60. The van der Waals surface area contributed by atoms with Gasteiger partial charge in [0.1, 0.15) is 0 Å². The topological polar surface area (TPSA) is 0 Å². The minimum Gasteiger partial charge on any atom is -0.0587 e. The SMILES string of the molecule is CC(C)c1ccc(C(C)C)cc1.Cc1c(C)c(C(C)C)c(C)c(C)c1C(C)C. The molecule has 0 aliphatic heterocycles. The predicted molar refractivity (Wildman–Crippen MR) is 128 cm³/mol. The Bertz CT molecular complexity index is 661. The smallest absolute Gasteiger partial charge is 0.0213 e. The summed E-state index contributed by atoms with van der Waals surface area (Å²) in [6.45, 7) is 27.2. The minimum atomic E-state index is 0.624. The molecule has 0 aliphatic rings. The second kappa shape index (κ2) is 10.3. The van der Waals surface area contributed by atoms with Crippen molar-refractivity contribution in [3.63, 3.8) is 0 Å². The Hall–Kier alpha value is -1.56. The van der Waals surface area contributed by atoms with Crippen LogP contribution in [0.25, 0.3) is 0 Å². The van der Waals surface area contributed by atoms with E-state index in [2.05, 4.69) is 107 Å². The molecule has 0 aliphatic carbocycles. The van der Waals surface area contributed by atoms with Crippen LogP contribution in [-0.4, -0.2) is 0 Å². The van der Waals surface area contributed by atoms with E-state index in [0.717, 1.165) is 0 Å². The zero-order valence-corrected chi connectivity index (χ0v) is 20.6. The first kappa shape index (κ1) is 24.5. The van der Waals surface area contributed by atoms with Crippen LogP contribution in [0.2, 0.25) is 0 Å². The lowest BCUT2D eigenvalue weighted by molar-refractivity contribution is 0.806. The van der Waals surface area contributed by atoms with Crippen LogP contribution in [0, 0.1) is 27.7 Å². The van der Waals surface area contributed by atoms with Crippen LogP contribution in [0.15, 0.2) is 24.3 Å². The molecule has 0 spiro atoms. The highest BCUT2D eigenvalue weighted by atomic mass is 14.2. The summed E-state index contributed by atoms with van der Waals surface area (Å²) in [5.74, 6) is 2.54. The molecule has 2 aromatic carbocycles. The number of benzene rings is 2. The van der Waals surface area contributed by atoms with Gasteiger partial charge in [-0.2, -0.15) is 0 Å². The van der Waals surface area contributed by atoms with Crippen molar-refractivity contribution < 1.29 is 0 Å². The standard InChI is InChI=1S/C16H26.C12H18/c1-9(2)15-11(5)13(7)16(10(3)4)14(8)12(15)6;1-9(2)11-5-7-12(8-6-11)10(3)4/h9-10H,1-8H3;5-10H,1-4H3. The molecule has 0 saturated heterocycles. The van der Waals surface area contributed by atoms with Crippen LogP contribution in [-0.2, 0) is 0 Å². The highest BCUT2D eigenvalue weighted by molar-refractivity contribution is 5.52. The molecule has 28 heavy (non-hydrogen) atoms. The van der Waals surface area contributed by atoms with Gasteiger partial charge < -0.3 is 0 Å². The first-order valence-electron chi connectivity index (χ1n) is 11.1. The van der Waals surface area contributed by atoms with Gasteiger partial charge in [0.2, 0.25) is 0 Å². The van der Waals surface area contributed by atoms with E-state index in [1.165, 1.54) is 33.4 Å². The Balaban J connectivity index is 0.000000292. The lowest BCUT2D eigenvalue weighted by Crippen LogP contribution is -2.07. The molecule has 2 rings (SSSR count). The Kier molecular flexibility index (Phi) is 8.99. The zero-order chi connectivity index (χ0) is 21.8. The van der Waals surface area contributed by atoms with E-state index in [9.17, 15) is 0 Å². The van der Waals surface area contributed by atoms with E-state index in [-0.39, 0.29) is 0 Å². The van der Waals surface area contributed by atoms with Crippen molar-refractivity contribution in [3.05, 3.63) is 68.8 Å². The van der Waals surface area contributed by atoms with Gasteiger partial charge in [0, 0.05) is 0 Å². The highest BCUT2D eigenvalue weighted by Crippen LogP contribution is 2.34. The molecule has 0 aromatic heterocycles. The molecule has 0 saturated carbocycles. The van der Waals surface area contributed by atoms with E-state index in [1.807, 2.05) is 0 Å². The quantitative estimate of drug-likeness (QED) is 0.496. The van der Waals surface area contributed by atoms with Gasteiger partial charge in [0.05, 0.1) is 0 Å². The molecule has 0 fully saturated rings. The predicted octanol–water partition coefficient (Wildman–Crippen LogP) is 9.10. The maximum atomic E-state index is 2.29. The van der Waals surface area contributed by atoms with Gasteiger partial charge in [-0.05, 0) is 95.9 Å². The van der Waals surface area contributed by atoms with Crippen LogP contribution in [0.3, 0.4) is 0 Å². The van der Waals surface area contributed by atoms with Gasteiger partial charge in [0.15, 0.2) is 0 Å². The molecule has 0 atom stereocenters. The maximum Gasteiger partial charge on any atom is -0.0213 e. The van der Waals surface area contributed by atoms with Gasteiger partial charge in [0.25, 0.3) is 0 Å². The molecule has 0 amide bonds. The molecule has 0 N–H and O–H groups in total. The Morgan fingerprint density at radius 3 is 0.750 bits per heavy atom. The lowest BCUT2D eigenvalue weighted by atomic mass is 9.81. The van der Waals surface area contributed by atoms with Crippen molar-refractivity contribution in [2.24, 2.45) is 0 Å². The van der Waals surface area contributed by atoms with Crippen molar-refractivity contribution in [3.8, 4) is 0 Å². The maximum absolute atomic E-state index is 2.29. The van der Waals surface area contributed by atoms with Crippen molar-refractivity contribution in [1.82, 2.24) is 0 Å². The summed E-state index contributed by atoms with van der Waals surface area (Å²) in [6.07, 6.45) is 0.